The van der Waals surface area contributed by atoms with Gasteiger partial charge in [-0.2, -0.15) is 0 Å². The first-order valence-electron chi connectivity index (χ1n) is 5.20. The Bertz CT molecular complexity index is 342. The molecule has 0 aromatic heterocycles. The number of hydrogen-bond donors (Lipinski definition) is 2. The molecule has 1 fully saturated rings. The van der Waals surface area contributed by atoms with Crippen LogP contribution < -0.4 is 10.5 Å². The molecule has 1 amide bonds. The van der Waals surface area contributed by atoms with Gasteiger partial charge in [-0.15, -0.1) is 0 Å². The van der Waals surface area contributed by atoms with E-state index in [1.807, 2.05) is 0 Å². The van der Waals surface area contributed by atoms with Crippen LogP contribution in [0.4, 0.5) is 0 Å². The van der Waals surface area contributed by atoms with E-state index in [4.69, 9.17) is 5.73 Å². The van der Waals surface area contributed by atoms with E-state index in [1.54, 1.807) is 13.8 Å². The fraction of sp³-hybridized carbons (Fsp3) is 0.889. The summed E-state index contributed by atoms with van der Waals surface area (Å²) in [5.41, 5.74) is 4.72. The highest BCUT2D eigenvalue weighted by Gasteiger charge is 2.40. The van der Waals surface area contributed by atoms with Crippen molar-refractivity contribution in [2.24, 2.45) is 5.73 Å². The smallest absolute Gasteiger partial charge is 0.253 e. The van der Waals surface area contributed by atoms with E-state index in [9.17, 15) is 13.2 Å². The number of sulfonamides is 1. The number of amides is 1. The van der Waals surface area contributed by atoms with Gasteiger partial charge in [0.15, 0.2) is 0 Å². The summed E-state index contributed by atoms with van der Waals surface area (Å²) in [5.74, 6) is -0.584. The highest BCUT2D eigenvalue weighted by molar-refractivity contribution is 7.90. The lowest BCUT2D eigenvalue weighted by molar-refractivity contribution is -0.124. The second-order valence-electron chi connectivity index (χ2n) is 4.04. The predicted octanol–water partition coefficient (Wildman–Crippen LogP) is 0.112. The Morgan fingerprint density at radius 2 is 1.87 bits per heavy atom. The lowest BCUT2D eigenvalue weighted by atomic mass is 9.94. The molecule has 1 aliphatic rings. The minimum atomic E-state index is -3.47. The van der Waals surface area contributed by atoms with Crippen LogP contribution in [-0.2, 0) is 14.8 Å². The topological polar surface area (TPSA) is 89.3 Å². The third kappa shape index (κ3) is 2.69. The summed E-state index contributed by atoms with van der Waals surface area (Å²) >= 11 is 0. The molecule has 0 saturated heterocycles. The maximum absolute atomic E-state index is 11.7. The maximum atomic E-state index is 11.7. The van der Waals surface area contributed by atoms with Gasteiger partial charge >= 0.3 is 0 Å². The molecule has 0 bridgehead atoms. The van der Waals surface area contributed by atoms with Gasteiger partial charge in [0.1, 0.15) is 0 Å². The van der Waals surface area contributed by atoms with E-state index in [0.717, 1.165) is 0 Å². The summed E-state index contributed by atoms with van der Waals surface area (Å²) in [6.45, 7) is 3.54. The van der Waals surface area contributed by atoms with Crippen LogP contribution in [0, 0.1) is 0 Å². The summed E-state index contributed by atoms with van der Waals surface area (Å²) in [5, 5.41) is -0.389. The van der Waals surface area contributed by atoms with Crippen molar-refractivity contribution in [1.29, 1.82) is 0 Å². The van der Waals surface area contributed by atoms with Gasteiger partial charge in [0.05, 0.1) is 10.8 Å². The molecule has 3 N–H and O–H groups in total. The standard InChI is InChI=1S/C9H18N2O3S/c1-3-9(10,4-2)8(12)11-15(13,14)7-5-6-7/h7H,3-6,10H2,1-2H3,(H,11,12). The van der Waals surface area contributed by atoms with Gasteiger partial charge in [0, 0.05) is 0 Å². The van der Waals surface area contributed by atoms with Crippen molar-refractivity contribution in [1.82, 2.24) is 4.72 Å². The number of carbonyl (C=O) groups is 1. The van der Waals surface area contributed by atoms with E-state index in [2.05, 4.69) is 4.72 Å². The van der Waals surface area contributed by atoms with E-state index >= 15 is 0 Å². The predicted molar refractivity (Wildman–Crippen MR) is 57.6 cm³/mol. The maximum Gasteiger partial charge on any atom is 0.253 e. The highest BCUT2D eigenvalue weighted by atomic mass is 32.2. The molecule has 1 aliphatic carbocycles. The molecule has 88 valence electrons. The summed E-state index contributed by atoms with van der Waals surface area (Å²) < 4.78 is 25.1. The Hall–Kier alpha value is -0.620. The summed E-state index contributed by atoms with van der Waals surface area (Å²) in [6, 6.07) is 0. The van der Waals surface area contributed by atoms with Crippen LogP contribution in [0.25, 0.3) is 0 Å². The molecule has 0 spiro atoms. The molecule has 15 heavy (non-hydrogen) atoms. The first-order valence-corrected chi connectivity index (χ1v) is 6.75. The van der Waals surface area contributed by atoms with Crippen LogP contribution in [0.3, 0.4) is 0 Å². The fourth-order valence-electron chi connectivity index (χ4n) is 1.26. The van der Waals surface area contributed by atoms with E-state index in [0.29, 0.717) is 25.7 Å². The lowest BCUT2D eigenvalue weighted by Gasteiger charge is -2.24. The van der Waals surface area contributed by atoms with Crippen molar-refractivity contribution >= 4 is 15.9 Å². The zero-order chi connectivity index (χ0) is 11.7. The van der Waals surface area contributed by atoms with Crippen LogP contribution in [0.1, 0.15) is 39.5 Å². The summed E-state index contributed by atoms with van der Waals surface area (Å²) in [6.07, 6.45) is 2.13. The first kappa shape index (κ1) is 12.4. The minimum absolute atomic E-state index is 0.389. The Balaban J connectivity index is 2.69. The number of nitrogens with two attached hydrogens (primary N) is 1. The molecule has 0 aromatic rings. The average molecular weight is 234 g/mol. The van der Waals surface area contributed by atoms with E-state index in [1.165, 1.54) is 0 Å². The van der Waals surface area contributed by atoms with Gasteiger partial charge in [0.2, 0.25) is 10.0 Å². The van der Waals surface area contributed by atoms with Gasteiger partial charge in [-0.3, -0.25) is 9.52 Å². The van der Waals surface area contributed by atoms with Crippen molar-refractivity contribution in [3.05, 3.63) is 0 Å². The second-order valence-corrected chi connectivity index (χ2v) is 6.00. The molecule has 5 nitrogen and oxygen atoms in total. The van der Waals surface area contributed by atoms with Crippen LogP contribution >= 0.6 is 0 Å². The molecule has 6 heteroatoms. The molecule has 0 heterocycles. The average Bonchev–Trinajstić information content (AvgIpc) is 2.99. The largest absolute Gasteiger partial charge is 0.317 e. The fourth-order valence-corrected chi connectivity index (χ4v) is 2.65. The summed E-state index contributed by atoms with van der Waals surface area (Å²) in [4.78, 5) is 11.7. The van der Waals surface area contributed by atoms with E-state index in [-0.39, 0.29) is 5.25 Å². The molecule has 0 radical (unpaired) electrons. The second kappa shape index (κ2) is 4.09. The van der Waals surface area contributed by atoms with Crippen molar-refractivity contribution in [2.75, 3.05) is 0 Å². The molecule has 0 aromatic carbocycles. The third-order valence-corrected chi connectivity index (χ3v) is 4.73. The zero-order valence-corrected chi connectivity index (χ0v) is 9.93. The van der Waals surface area contributed by atoms with Gasteiger partial charge in [-0.25, -0.2) is 8.42 Å². The minimum Gasteiger partial charge on any atom is -0.317 e. The van der Waals surface area contributed by atoms with Crippen LogP contribution in [-0.4, -0.2) is 25.1 Å². The monoisotopic (exact) mass is 234 g/mol. The first-order chi connectivity index (χ1) is 6.85. The van der Waals surface area contributed by atoms with Crippen LogP contribution in [0.5, 0.6) is 0 Å². The molecular weight excluding hydrogens is 216 g/mol. The Morgan fingerprint density at radius 1 is 1.40 bits per heavy atom. The van der Waals surface area contributed by atoms with Gasteiger partial charge in [0.25, 0.3) is 5.91 Å². The summed E-state index contributed by atoms with van der Waals surface area (Å²) in [7, 11) is -3.47. The van der Waals surface area contributed by atoms with Crippen molar-refractivity contribution < 1.29 is 13.2 Å². The number of carbonyl (C=O) groups excluding carboxylic acids is 1. The normalized spacial score (nSPS) is 17.5. The lowest BCUT2D eigenvalue weighted by Crippen LogP contribution is -2.54. The number of nitrogens with one attached hydrogen (secondary N) is 1. The number of hydrogen-bond acceptors (Lipinski definition) is 4. The number of rotatable bonds is 5. The van der Waals surface area contributed by atoms with Crippen molar-refractivity contribution in [3.63, 3.8) is 0 Å². The Kier molecular flexibility index (Phi) is 3.40. The molecular formula is C9H18N2O3S. The van der Waals surface area contributed by atoms with Gasteiger partial charge < -0.3 is 5.73 Å². The molecule has 0 atom stereocenters. The van der Waals surface area contributed by atoms with Crippen LogP contribution in [0.2, 0.25) is 0 Å². The quantitative estimate of drug-likeness (QED) is 0.706. The molecule has 0 unspecified atom stereocenters. The SMILES string of the molecule is CCC(N)(CC)C(=O)NS(=O)(=O)C1CC1. The van der Waals surface area contributed by atoms with Crippen molar-refractivity contribution in [2.45, 2.75) is 50.3 Å². The Labute approximate surface area is 90.5 Å². The third-order valence-electron chi connectivity index (χ3n) is 2.91. The Morgan fingerprint density at radius 3 is 2.20 bits per heavy atom. The molecule has 1 rings (SSSR count). The molecule has 0 aliphatic heterocycles. The van der Waals surface area contributed by atoms with Gasteiger partial charge in [-0.1, -0.05) is 13.8 Å². The molecule has 1 saturated carbocycles. The highest BCUT2D eigenvalue weighted by Crippen LogP contribution is 2.27. The van der Waals surface area contributed by atoms with Crippen LogP contribution in [0.15, 0.2) is 0 Å². The van der Waals surface area contributed by atoms with Crippen molar-refractivity contribution in [3.8, 4) is 0 Å². The van der Waals surface area contributed by atoms with E-state index < -0.39 is 21.5 Å². The zero-order valence-electron chi connectivity index (χ0n) is 9.12. The van der Waals surface area contributed by atoms with Gasteiger partial charge in [-0.05, 0) is 25.7 Å².